The number of nitrogens with zero attached hydrogens (tertiary/aromatic N) is 1. The molecule has 20 heavy (non-hydrogen) atoms. The van der Waals surface area contributed by atoms with Crippen molar-refractivity contribution in [3.63, 3.8) is 0 Å². The summed E-state index contributed by atoms with van der Waals surface area (Å²) in [6.07, 6.45) is 3.23. The average molecular weight is 275 g/mol. The van der Waals surface area contributed by atoms with Gasteiger partial charge in [0.05, 0.1) is 0 Å². The number of primary amides is 1. The molecule has 4 nitrogen and oxygen atoms in total. The van der Waals surface area contributed by atoms with Crippen molar-refractivity contribution in [3.05, 3.63) is 35.9 Å². The van der Waals surface area contributed by atoms with Crippen LogP contribution in [0.25, 0.3) is 0 Å². The lowest BCUT2D eigenvalue weighted by molar-refractivity contribution is -0.123. The van der Waals surface area contributed by atoms with Crippen LogP contribution in [0.15, 0.2) is 30.3 Å². The molecule has 1 aromatic carbocycles. The fourth-order valence-corrected chi connectivity index (χ4v) is 2.52. The van der Waals surface area contributed by atoms with Crippen molar-refractivity contribution in [2.75, 3.05) is 19.6 Å². The molecule has 0 heterocycles. The van der Waals surface area contributed by atoms with E-state index in [-0.39, 0.29) is 0 Å². The Hall–Kier alpha value is -1.39. The van der Waals surface area contributed by atoms with Gasteiger partial charge in [-0.25, -0.2) is 0 Å². The zero-order valence-electron chi connectivity index (χ0n) is 12.2. The van der Waals surface area contributed by atoms with E-state index < -0.39 is 11.4 Å². The summed E-state index contributed by atoms with van der Waals surface area (Å²) in [5.41, 5.74) is 11.6. The predicted octanol–water partition coefficient (Wildman–Crippen LogP) is 1.45. The second-order valence-corrected chi connectivity index (χ2v) is 5.79. The fourth-order valence-electron chi connectivity index (χ4n) is 2.52. The number of nitrogens with two attached hydrogens (primary N) is 2. The summed E-state index contributed by atoms with van der Waals surface area (Å²) in [6, 6.07) is 9.45. The van der Waals surface area contributed by atoms with Crippen molar-refractivity contribution in [1.82, 2.24) is 4.90 Å². The number of amides is 1. The Morgan fingerprint density at radius 2 is 2.00 bits per heavy atom. The molecule has 0 radical (unpaired) electrons. The lowest BCUT2D eigenvalue weighted by Gasteiger charge is -2.30. The summed E-state index contributed by atoms with van der Waals surface area (Å²) in [5, 5.41) is 0. The second kappa shape index (κ2) is 6.37. The van der Waals surface area contributed by atoms with Crippen LogP contribution in [0.2, 0.25) is 0 Å². The fraction of sp³-hybridized carbons (Fsp3) is 0.562. The number of rotatable bonds is 8. The highest BCUT2D eigenvalue weighted by atomic mass is 16.1. The lowest BCUT2D eigenvalue weighted by atomic mass is 9.86. The molecular formula is C16H25N3O. The minimum Gasteiger partial charge on any atom is -0.368 e. The third-order valence-electron chi connectivity index (χ3n) is 4.21. The first-order valence-electron chi connectivity index (χ1n) is 7.43. The SMILES string of the molecule is CCN(CCC(N)(C(N)=O)c1ccccc1)CC1CC1. The van der Waals surface area contributed by atoms with E-state index >= 15 is 0 Å². The first-order chi connectivity index (χ1) is 9.56. The summed E-state index contributed by atoms with van der Waals surface area (Å²) in [6.45, 7) is 5.05. The molecule has 4 heteroatoms. The summed E-state index contributed by atoms with van der Waals surface area (Å²) >= 11 is 0. The summed E-state index contributed by atoms with van der Waals surface area (Å²) in [4.78, 5) is 14.2. The van der Waals surface area contributed by atoms with E-state index in [1.165, 1.54) is 12.8 Å². The number of hydrogen-bond donors (Lipinski definition) is 2. The largest absolute Gasteiger partial charge is 0.368 e. The molecule has 0 aromatic heterocycles. The van der Waals surface area contributed by atoms with Crippen LogP contribution in [0.3, 0.4) is 0 Å². The van der Waals surface area contributed by atoms with Gasteiger partial charge in [-0.1, -0.05) is 37.3 Å². The lowest BCUT2D eigenvalue weighted by Crippen LogP contribution is -2.51. The van der Waals surface area contributed by atoms with E-state index in [1.54, 1.807) is 0 Å². The zero-order chi connectivity index (χ0) is 14.6. The third-order valence-corrected chi connectivity index (χ3v) is 4.21. The Labute approximate surface area is 121 Å². The van der Waals surface area contributed by atoms with Gasteiger partial charge < -0.3 is 16.4 Å². The molecule has 1 atom stereocenters. The van der Waals surface area contributed by atoms with Gasteiger partial charge in [-0.15, -0.1) is 0 Å². The highest BCUT2D eigenvalue weighted by Crippen LogP contribution is 2.30. The van der Waals surface area contributed by atoms with E-state index in [0.717, 1.165) is 31.1 Å². The van der Waals surface area contributed by atoms with E-state index in [1.807, 2.05) is 30.3 Å². The van der Waals surface area contributed by atoms with Gasteiger partial charge in [0.2, 0.25) is 5.91 Å². The molecule has 1 amide bonds. The topological polar surface area (TPSA) is 72.3 Å². The highest BCUT2D eigenvalue weighted by Gasteiger charge is 2.34. The molecule has 1 saturated carbocycles. The Morgan fingerprint density at radius 3 is 2.50 bits per heavy atom. The number of carbonyl (C=O) groups excluding carboxylic acids is 1. The first-order valence-corrected chi connectivity index (χ1v) is 7.43. The average Bonchev–Trinajstić information content (AvgIpc) is 3.27. The monoisotopic (exact) mass is 275 g/mol. The standard InChI is InChI=1S/C16H25N3O/c1-2-19(12-13-8-9-13)11-10-16(18,15(17)20)14-6-4-3-5-7-14/h3-7,13H,2,8-12,18H2,1H3,(H2,17,20). The van der Waals surface area contributed by atoms with Crippen molar-refractivity contribution in [3.8, 4) is 0 Å². The molecule has 110 valence electrons. The van der Waals surface area contributed by atoms with Crippen molar-refractivity contribution in [2.24, 2.45) is 17.4 Å². The van der Waals surface area contributed by atoms with Crippen LogP contribution in [0.1, 0.15) is 31.7 Å². The van der Waals surface area contributed by atoms with Gasteiger partial charge >= 0.3 is 0 Å². The van der Waals surface area contributed by atoms with E-state index in [4.69, 9.17) is 11.5 Å². The van der Waals surface area contributed by atoms with E-state index in [0.29, 0.717) is 6.42 Å². The summed E-state index contributed by atoms with van der Waals surface area (Å²) < 4.78 is 0. The third kappa shape index (κ3) is 3.58. The smallest absolute Gasteiger partial charge is 0.242 e. The molecule has 1 unspecified atom stereocenters. The van der Waals surface area contributed by atoms with Crippen LogP contribution >= 0.6 is 0 Å². The Balaban J connectivity index is 2.03. The van der Waals surface area contributed by atoms with Crippen LogP contribution in [0, 0.1) is 5.92 Å². The van der Waals surface area contributed by atoms with Gasteiger partial charge in [0.1, 0.15) is 5.54 Å². The van der Waals surface area contributed by atoms with Crippen molar-refractivity contribution in [1.29, 1.82) is 0 Å². The molecule has 1 aliphatic rings. The second-order valence-electron chi connectivity index (χ2n) is 5.79. The molecule has 4 N–H and O–H groups in total. The number of carbonyl (C=O) groups is 1. The van der Waals surface area contributed by atoms with Crippen LogP contribution < -0.4 is 11.5 Å². The normalized spacial score (nSPS) is 17.9. The van der Waals surface area contributed by atoms with Gasteiger partial charge in [0.25, 0.3) is 0 Å². The highest BCUT2D eigenvalue weighted by molar-refractivity contribution is 5.85. The van der Waals surface area contributed by atoms with Crippen LogP contribution in [-0.4, -0.2) is 30.4 Å². The minimum absolute atomic E-state index is 0.453. The van der Waals surface area contributed by atoms with Gasteiger partial charge in [-0.3, -0.25) is 4.79 Å². The van der Waals surface area contributed by atoms with Crippen molar-refractivity contribution >= 4 is 5.91 Å². The molecule has 1 aliphatic carbocycles. The van der Waals surface area contributed by atoms with Crippen molar-refractivity contribution < 1.29 is 4.79 Å². The molecule has 0 bridgehead atoms. The Morgan fingerprint density at radius 1 is 1.35 bits per heavy atom. The van der Waals surface area contributed by atoms with Crippen LogP contribution in [0.4, 0.5) is 0 Å². The number of hydrogen-bond acceptors (Lipinski definition) is 3. The number of benzene rings is 1. The zero-order valence-corrected chi connectivity index (χ0v) is 12.2. The summed E-state index contributed by atoms with van der Waals surface area (Å²) in [5.74, 6) is 0.388. The minimum atomic E-state index is -1.07. The molecule has 0 saturated heterocycles. The van der Waals surface area contributed by atoms with Gasteiger partial charge in [0, 0.05) is 13.1 Å². The van der Waals surface area contributed by atoms with Gasteiger partial charge in [0.15, 0.2) is 0 Å². The van der Waals surface area contributed by atoms with Gasteiger partial charge in [-0.2, -0.15) is 0 Å². The predicted molar refractivity (Wildman–Crippen MR) is 81.0 cm³/mol. The first kappa shape index (κ1) is 15.0. The maximum atomic E-state index is 11.8. The molecule has 2 rings (SSSR count). The molecule has 0 spiro atoms. The van der Waals surface area contributed by atoms with Gasteiger partial charge in [-0.05, 0) is 37.3 Å². The van der Waals surface area contributed by atoms with Crippen LogP contribution in [-0.2, 0) is 10.3 Å². The van der Waals surface area contributed by atoms with Crippen LogP contribution in [0.5, 0.6) is 0 Å². The Kier molecular flexibility index (Phi) is 4.78. The maximum absolute atomic E-state index is 11.8. The molecule has 0 aliphatic heterocycles. The molecule has 1 fully saturated rings. The van der Waals surface area contributed by atoms with E-state index in [2.05, 4.69) is 11.8 Å². The molecular weight excluding hydrogens is 250 g/mol. The summed E-state index contributed by atoms with van der Waals surface area (Å²) in [7, 11) is 0. The quantitative estimate of drug-likeness (QED) is 0.754. The van der Waals surface area contributed by atoms with Crippen molar-refractivity contribution in [2.45, 2.75) is 31.7 Å². The molecule has 1 aromatic rings. The van der Waals surface area contributed by atoms with E-state index in [9.17, 15) is 4.79 Å². The maximum Gasteiger partial charge on any atom is 0.242 e. The Bertz CT molecular complexity index is 444.